The number of nitrogens with zero attached hydrogens (tertiary/aromatic N) is 2. The van der Waals surface area contributed by atoms with Gasteiger partial charge in [0, 0.05) is 10.8 Å². The average molecular weight is 429 g/mol. The molecule has 4 rings (SSSR count). The van der Waals surface area contributed by atoms with Gasteiger partial charge < -0.3 is 14.0 Å². The van der Waals surface area contributed by atoms with Gasteiger partial charge >= 0.3 is 0 Å². The largest absolute Gasteiger partial charge is 0.493 e. The molecule has 3 aromatic carbocycles. The van der Waals surface area contributed by atoms with Crippen LogP contribution < -0.4 is 20.3 Å². The lowest BCUT2D eigenvalue weighted by Crippen LogP contribution is -2.25. The Bertz CT molecular complexity index is 1310. The summed E-state index contributed by atoms with van der Waals surface area (Å²) >= 11 is 0. The molecule has 32 heavy (non-hydrogen) atoms. The van der Waals surface area contributed by atoms with Crippen molar-refractivity contribution in [2.24, 2.45) is 5.10 Å². The first-order valence-electron chi connectivity index (χ1n) is 10.3. The number of benzene rings is 3. The molecule has 0 atom stereocenters. The highest BCUT2D eigenvalue weighted by Gasteiger charge is 2.12. The number of amides is 1. The van der Waals surface area contributed by atoms with Gasteiger partial charge in [-0.3, -0.25) is 9.59 Å². The van der Waals surface area contributed by atoms with Crippen molar-refractivity contribution in [2.45, 2.75) is 13.5 Å². The molecule has 1 amide bonds. The molecule has 0 aliphatic heterocycles. The minimum Gasteiger partial charge on any atom is -0.493 e. The summed E-state index contributed by atoms with van der Waals surface area (Å²) in [7, 11) is 1.58. The zero-order chi connectivity index (χ0) is 22.5. The number of methoxy groups -OCH3 is 1. The van der Waals surface area contributed by atoms with Crippen molar-refractivity contribution in [1.29, 1.82) is 0 Å². The van der Waals surface area contributed by atoms with Crippen LogP contribution in [0.2, 0.25) is 0 Å². The van der Waals surface area contributed by atoms with Crippen molar-refractivity contribution in [3.63, 3.8) is 0 Å². The third kappa shape index (κ3) is 4.18. The second-order valence-electron chi connectivity index (χ2n) is 7.09. The topological polar surface area (TPSA) is 81.9 Å². The highest BCUT2D eigenvalue weighted by Crippen LogP contribution is 2.27. The summed E-state index contributed by atoms with van der Waals surface area (Å²) in [6.45, 7) is 2.42. The lowest BCUT2D eigenvalue weighted by Gasteiger charge is -2.14. The van der Waals surface area contributed by atoms with Crippen molar-refractivity contribution in [1.82, 2.24) is 9.99 Å². The zero-order valence-corrected chi connectivity index (χ0v) is 17.9. The standard InChI is InChI=1S/C25H23N3O4/c1-3-32-23-14-17(12-13-22(23)31-2)15-26-27-24(29)16-28-20-10-6-4-8-18(20)25(30)19-9-5-7-11-21(19)28/h4-15H,3,16H2,1-2H3,(H,27,29)/b26-15-. The van der Waals surface area contributed by atoms with Gasteiger partial charge in [0.15, 0.2) is 16.9 Å². The van der Waals surface area contributed by atoms with E-state index in [1.54, 1.807) is 37.6 Å². The third-order valence-electron chi connectivity index (χ3n) is 5.07. The van der Waals surface area contributed by atoms with Gasteiger partial charge in [0.25, 0.3) is 5.91 Å². The van der Waals surface area contributed by atoms with Gasteiger partial charge in [0.05, 0.1) is 31.0 Å². The van der Waals surface area contributed by atoms with Crippen molar-refractivity contribution < 1.29 is 14.3 Å². The van der Waals surface area contributed by atoms with E-state index in [0.717, 1.165) is 5.56 Å². The molecule has 0 aliphatic carbocycles. The fraction of sp³-hybridized carbons (Fsp3) is 0.160. The van der Waals surface area contributed by atoms with E-state index >= 15 is 0 Å². The van der Waals surface area contributed by atoms with E-state index in [4.69, 9.17) is 9.47 Å². The maximum Gasteiger partial charge on any atom is 0.260 e. The number of carbonyl (C=O) groups excluding carboxylic acids is 1. The summed E-state index contributed by atoms with van der Waals surface area (Å²) in [5, 5.41) is 5.22. The SMILES string of the molecule is CCOc1cc(/C=N\NC(=O)Cn2c3ccccc3c(=O)c3ccccc32)ccc1OC. The maximum absolute atomic E-state index is 12.8. The van der Waals surface area contributed by atoms with Gasteiger partial charge in [-0.05, 0) is 55.0 Å². The zero-order valence-electron chi connectivity index (χ0n) is 17.9. The number of para-hydroxylation sites is 2. The normalized spacial score (nSPS) is 11.2. The van der Waals surface area contributed by atoms with Crippen LogP contribution in [0.1, 0.15) is 12.5 Å². The summed E-state index contributed by atoms with van der Waals surface area (Å²) in [4.78, 5) is 25.5. The predicted octanol–water partition coefficient (Wildman–Crippen LogP) is 3.71. The Labute approximate surface area is 184 Å². The number of aromatic nitrogens is 1. The van der Waals surface area contributed by atoms with E-state index in [0.29, 0.717) is 39.9 Å². The molecule has 0 radical (unpaired) electrons. The highest BCUT2D eigenvalue weighted by atomic mass is 16.5. The average Bonchev–Trinajstić information content (AvgIpc) is 2.82. The fourth-order valence-electron chi connectivity index (χ4n) is 3.65. The number of fused-ring (bicyclic) bond motifs is 2. The number of ether oxygens (including phenoxy) is 2. The van der Waals surface area contributed by atoms with Crippen molar-refractivity contribution in [2.75, 3.05) is 13.7 Å². The summed E-state index contributed by atoms with van der Waals surface area (Å²) in [6, 6.07) is 20.0. The molecule has 7 nitrogen and oxygen atoms in total. The monoisotopic (exact) mass is 429 g/mol. The van der Waals surface area contributed by atoms with E-state index < -0.39 is 0 Å². The Morgan fingerprint density at radius 2 is 1.66 bits per heavy atom. The van der Waals surface area contributed by atoms with Crippen molar-refractivity contribution in [3.8, 4) is 11.5 Å². The molecule has 0 bridgehead atoms. The summed E-state index contributed by atoms with van der Waals surface area (Å²) in [5.74, 6) is 0.931. The second kappa shape index (κ2) is 9.34. The number of hydrogen-bond acceptors (Lipinski definition) is 5. The molecule has 0 unspecified atom stereocenters. The molecule has 1 aromatic heterocycles. The number of rotatable bonds is 7. The van der Waals surface area contributed by atoms with Gasteiger partial charge in [0.2, 0.25) is 0 Å². The number of pyridine rings is 1. The molecule has 0 fully saturated rings. The van der Waals surface area contributed by atoms with E-state index in [-0.39, 0.29) is 17.9 Å². The van der Waals surface area contributed by atoms with Crippen LogP contribution in [0.3, 0.4) is 0 Å². The number of hydrogen-bond donors (Lipinski definition) is 1. The first-order chi connectivity index (χ1) is 15.6. The molecular formula is C25H23N3O4. The number of hydrazone groups is 1. The van der Waals surface area contributed by atoms with Gasteiger partial charge in [-0.25, -0.2) is 5.43 Å². The van der Waals surface area contributed by atoms with Crippen LogP contribution in [0.15, 0.2) is 76.6 Å². The summed E-state index contributed by atoms with van der Waals surface area (Å²) in [6.07, 6.45) is 1.54. The molecule has 1 N–H and O–H groups in total. The van der Waals surface area contributed by atoms with Crippen LogP contribution in [0, 0.1) is 0 Å². The Hall–Kier alpha value is -4.13. The first-order valence-corrected chi connectivity index (χ1v) is 10.3. The van der Waals surface area contributed by atoms with Gasteiger partial charge in [0.1, 0.15) is 6.54 Å². The van der Waals surface area contributed by atoms with Crippen molar-refractivity contribution >= 4 is 33.9 Å². The van der Waals surface area contributed by atoms with Crippen LogP contribution in [0.4, 0.5) is 0 Å². The molecule has 0 aliphatic rings. The Morgan fingerprint density at radius 1 is 1.00 bits per heavy atom. The molecule has 162 valence electrons. The minimum atomic E-state index is -0.307. The van der Waals surface area contributed by atoms with Crippen LogP contribution in [-0.2, 0) is 11.3 Å². The Balaban J connectivity index is 1.58. The molecule has 4 aromatic rings. The van der Waals surface area contributed by atoms with E-state index in [9.17, 15) is 9.59 Å². The maximum atomic E-state index is 12.8. The van der Waals surface area contributed by atoms with E-state index in [2.05, 4.69) is 10.5 Å². The minimum absolute atomic E-state index is 0.0193. The Morgan fingerprint density at radius 3 is 2.28 bits per heavy atom. The predicted molar refractivity (Wildman–Crippen MR) is 126 cm³/mol. The smallest absolute Gasteiger partial charge is 0.260 e. The summed E-state index contributed by atoms with van der Waals surface area (Å²) in [5.41, 5.74) is 4.68. The molecule has 1 heterocycles. The fourth-order valence-corrected chi connectivity index (χ4v) is 3.65. The lowest BCUT2D eigenvalue weighted by molar-refractivity contribution is -0.121. The number of carbonyl (C=O) groups is 1. The lowest BCUT2D eigenvalue weighted by atomic mass is 10.1. The molecule has 0 spiro atoms. The van der Waals surface area contributed by atoms with Crippen molar-refractivity contribution in [3.05, 3.63) is 82.5 Å². The van der Waals surface area contributed by atoms with Gasteiger partial charge in [-0.15, -0.1) is 0 Å². The van der Waals surface area contributed by atoms with Crippen LogP contribution in [0.25, 0.3) is 21.8 Å². The molecule has 0 saturated carbocycles. The number of nitrogens with one attached hydrogen (secondary N) is 1. The van der Waals surface area contributed by atoms with E-state index in [1.165, 1.54) is 0 Å². The quantitative estimate of drug-likeness (QED) is 0.276. The molecule has 0 saturated heterocycles. The third-order valence-corrected chi connectivity index (χ3v) is 5.07. The van der Waals surface area contributed by atoms with Gasteiger partial charge in [-0.1, -0.05) is 24.3 Å². The van der Waals surface area contributed by atoms with Crippen LogP contribution in [0.5, 0.6) is 11.5 Å². The molecule has 7 heteroatoms. The highest BCUT2D eigenvalue weighted by molar-refractivity contribution is 5.95. The summed E-state index contributed by atoms with van der Waals surface area (Å²) < 4.78 is 12.7. The van der Waals surface area contributed by atoms with E-state index in [1.807, 2.05) is 54.0 Å². The van der Waals surface area contributed by atoms with Crippen LogP contribution >= 0.6 is 0 Å². The second-order valence-corrected chi connectivity index (χ2v) is 7.09. The van der Waals surface area contributed by atoms with Gasteiger partial charge in [-0.2, -0.15) is 5.10 Å². The molecular weight excluding hydrogens is 406 g/mol. The van der Waals surface area contributed by atoms with Crippen LogP contribution in [-0.4, -0.2) is 30.4 Å². The Kier molecular flexibility index (Phi) is 6.17. The first kappa shape index (κ1) is 21.1.